The van der Waals surface area contributed by atoms with E-state index in [0.29, 0.717) is 0 Å². The molecule has 4 aromatic carbocycles. The van der Waals surface area contributed by atoms with Crippen molar-refractivity contribution < 1.29 is 0 Å². The Morgan fingerprint density at radius 1 is 0.579 bits per heavy atom. The van der Waals surface area contributed by atoms with Crippen LogP contribution < -0.4 is 0 Å². The topological polar surface area (TPSA) is 0 Å². The van der Waals surface area contributed by atoms with Gasteiger partial charge in [-0.05, 0) is 55.6 Å². The number of fused-ring (bicyclic) bond motifs is 1. The molecule has 0 nitrogen and oxygen atoms in total. The molecule has 1 aliphatic rings. The lowest BCUT2D eigenvalue weighted by molar-refractivity contribution is 1.76. The van der Waals surface area contributed by atoms with Gasteiger partial charge in [0.1, 0.15) is 0 Å². The summed E-state index contributed by atoms with van der Waals surface area (Å²) in [5, 5.41) is 8.79. The third-order valence-corrected chi connectivity index (χ3v) is 4.41. The Bertz CT molecular complexity index is 1010. The first-order chi connectivity index (χ1) is 9.33. The molecule has 0 atom stereocenters. The fourth-order valence-corrected chi connectivity index (χ4v) is 3.69. The average Bonchev–Trinajstić information content (AvgIpc) is 2.76. The van der Waals surface area contributed by atoms with Crippen molar-refractivity contribution in [3.8, 4) is 11.1 Å². The van der Waals surface area contributed by atoms with Crippen molar-refractivity contribution in [1.82, 2.24) is 0 Å². The summed E-state index contributed by atoms with van der Waals surface area (Å²) in [6.07, 6.45) is 0. The van der Waals surface area contributed by atoms with Crippen LogP contribution in [-0.2, 0) is 0 Å². The second-order valence-corrected chi connectivity index (χ2v) is 5.62. The maximum Gasteiger partial charge on any atom is 0.0418 e. The monoisotopic (exact) mass is 260 g/mol. The normalized spacial score (nSPS) is 12.5. The molecule has 0 heterocycles. The van der Waals surface area contributed by atoms with Crippen molar-refractivity contribution in [2.75, 3.05) is 0 Å². The second kappa shape index (κ2) is 3.09. The Morgan fingerprint density at radius 3 is 2.11 bits per heavy atom. The van der Waals surface area contributed by atoms with E-state index < -0.39 is 0 Å². The zero-order chi connectivity index (χ0) is 12.6. The summed E-state index contributed by atoms with van der Waals surface area (Å²) in [6, 6.07) is 19.5. The van der Waals surface area contributed by atoms with Gasteiger partial charge in [-0.15, -0.1) is 0 Å². The van der Waals surface area contributed by atoms with Crippen molar-refractivity contribution in [2.45, 2.75) is 0 Å². The number of rotatable bonds is 0. The molecule has 1 heteroatoms. The van der Waals surface area contributed by atoms with E-state index in [4.69, 9.17) is 11.6 Å². The van der Waals surface area contributed by atoms with E-state index in [2.05, 4.69) is 54.6 Å². The fourth-order valence-electron chi connectivity index (χ4n) is 3.46. The highest BCUT2D eigenvalue weighted by molar-refractivity contribution is 6.36. The number of hydrogen-bond acceptors (Lipinski definition) is 0. The minimum absolute atomic E-state index is 0.812. The number of halogens is 1. The van der Waals surface area contributed by atoms with Crippen LogP contribution in [-0.4, -0.2) is 0 Å². The Kier molecular flexibility index (Phi) is 1.60. The lowest BCUT2D eigenvalue weighted by Gasteiger charge is -2.04. The summed E-state index contributed by atoms with van der Waals surface area (Å²) in [6.45, 7) is 0. The Hall–Kier alpha value is -2.05. The van der Waals surface area contributed by atoms with Crippen LogP contribution in [0.4, 0.5) is 0 Å². The first kappa shape index (κ1) is 9.82. The minimum atomic E-state index is 0.812. The summed E-state index contributed by atoms with van der Waals surface area (Å²) in [4.78, 5) is 0. The average molecular weight is 261 g/mol. The van der Waals surface area contributed by atoms with E-state index in [0.717, 1.165) is 5.02 Å². The fraction of sp³-hybridized carbons (Fsp3) is 0. The lowest BCUT2D eigenvalue weighted by Crippen LogP contribution is -1.76. The van der Waals surface area contributed by atoms with Crippen molar-refractivity contribution >= 4 is 43.9 Å². The van der Waals surface area contributed by atoms with Gasteiger partial charge in [0.2, 0.25) is 0 Å². The van der Waals surface area contributed by atoms with Crippen LogP contribution in [0.25, 0.3) is 43.4 Å². The van der Waals surface area contributed by atoms with E-state index in [1.807, 2.05) is 0 Å². The molecular weight excluding hydrogens is 252 g/mol. The molecule has 0 aliphatic heterocycles. The predicted molar refractivity (Wildman–Crippen MR) is 83.0 cm³/mol. The molecule has 0 spiro atoms. The zero-order valence-electron chi connectivity index (χ0n) is 10.1. The molecule has 0 amide bonds. The van der Waals surface area contributed by atoms with Gasteiger partial charge >= 0.3 is 0 Å². The molecule has 0 N–H and O–H groups in total. The lowest BCUT2D eigenvalue weighted by atomic mass is 10.0. The van der Waals surface area contributed by atoms with E-state index in [1.165, 1.54) is 43.4 Å². The molecule has 0 unspecified atom stereocenters. The SMILES string of the molecule is Clc1cc2c3c(ccc4ccc5cccc-2c5c43)c1. The van der Waals surface area contributed by atoms with E-state index in [9.17, 15) is 0 Å². The minimum Gasteiger partial charge on any atom is -0.0843 e. The third-order valence-electron chi connectivity index (χ3n) is 4.19. The smallest absolute Gasteiger partial charge is 0.0418 e. The van der Waals surface area contributed by atoms with Crippen LogP contribution in [0.1, 0.15) is 0 Å². The highest BCUT2D eigenvalue weighted by atomic mass is 35.5. The van der Waals surface area contributed by atoms with Crippen molar-refractivity contribution in [2.24, 2.45) is 0 Å². The van der Waals surface area contributed by atoms with Crippen LogP contribution in [0.3, 0.4) is 0 Å². The van der Waals surface area contributed by atoms with Crippen LogP contribution in [0.2, 0.25) is 5.02 Å². The summed E-state index contributed by atoms with van der Waals surface area (Å²) in [7, 11) is 0. The zero-order valence-corrected chi connectivity index (χ0v) is 10.8. The van der Waals surface area contributed by atoms with Crippen LogP contribution >= 0.6 is 11.6 Å². The molecule has 0 fully saturated rings. The maximum atomic E-state index is 6.27. The van der Waals surface area contributed by atoms with Gasteiger partial charge in [-0.1, -0.05) is 54.1 Å². The van der Waals surface area contributed by atoms with Crippen LogP contribution in [0.15, 0.2) is 54.6 Å². The molecule has 1 aliphatic carbocycles. The highest BCUT2D eigenvalue weighted by Gasteiger charge is 2.20. The van der Waals surface area contributed by atoms with E-state index in [1.54, 1.807) is 0 Å². The molecule has 88 valence electrons. The second-order valence-electron chi connectivity index (χ2n) is 5.18. The molecule has 19 heavy (non-hydrogen) atoms. The third kappa shape index (κ3) is 1.07. The van der Waals surface area contributed by atoms with E-state index >= 15 is 0 Å². The summed E-state index contributed by atoms with van der Waals surface area (Å²) in [5.41, 5.74) is 2.59. The van der Waals surface area contributed by atoms with Gasteiger partial charge in [0.25, 0.3) is 0 Å². The summed E-state index contributed by atoms with van der Waals surface area (Å²) in [5.74, 6) is 0. The Balaban J connectivity index is 2.26. The number of hydrogen-bond donors (Lipinski definition) is 0. The quantitative estimate of drug-likeness (QED) is 0.310. The molecular formula is C18H9Cl. The van der Waals surface area contributed by atoms with Gasteiger partial charge < -0.3 is 0 Å². The van der Waals surface area contributed by atoms with Crippen molar-refractivity contribution in [3.05, 3.63) is 59.6 Å². The Labute approximate surface area is 115 Å². The number of benzene rings is 4. The molecule has 5 rings (SSSR count). The maximum absolute atomic E-state index is 6.27. The van der Waals surface area contributed by atoms with Gasteiger partial charge in [-0.25, -0.2) is 0 Å². The summed E-state index contributed by atoms with van der Waals surface area (Å²) >= 11 is 6.27. The first-order valence-corrected chi connectivity index (χ1v) is 6.79. The van der Waals surface area contributed by atoms with E-state index in [-0.39, 0.29) is 0 Å². The first-order valence-electron chi connectivity index (χ1n) is 6.41. The predicted octanol–water partition coefficient (Wildman–Crippen LogP) is 5.78. The van der Waals surface area contributed by atoms with Gasteiger partial charge in [-0.2, -0.15) is 0 Å². The van der Waals surface area contributed by atoms with Crippen LogP contribution in [0.5, 0.6) is 0 Å². The van der Waals surface area contributed by atoms with Gasteiger partial charge in [0, 0.05) is 5.02 Å². The molecule has 4 aromatic rings. The summed E-state index contributed by atoms with van der Waals surface area (Å²) < 4.78 is 0. The van der Waals surface area contributed by atoms with Gasteiger partial charge in [0.15, 0.2) is 0 Å². The van der Waals surface area contributed by atoms with Gasteiger partial charge in [-0.3, -0.25) is 0 Å². The molecule has 0 saturated heterocycles. The molecule has 0 aromatic heterocycles. The highest BCUT2D eigenvalue weighted by Crippen LogP contribution is 2.48. The molecule has 0 saturated carbocycles. The van der Waals surface area contributed by atoms with Crippen LogP contribution in [0, 0.1) is 0 Å². The largest absolute Gasteiger partial charge is 0.0843 e. The molecule has 0 bridgehead atoms. The van der Waals surface area contributed by atoms with Crippen molar-refractivity contribution in [3.63, 3.8) is 0 Å². The standard InChI is InChI=1S/C18H9Cl/c19-13-8-12-7-6-11-5-4-10-2-1-3-14-15(9-13)17(12)18(11)16(10)14/h1-9H. The van der Waals surface area contributed by atoms with Gasteiger partial charge in [0.05, 0.1) is 0 Å². The van der Waals surface area contributed by atoms with Crippen molar-refractivity contribution in [1.29, 1.82) is 0 Å². The molecule has 0 radical (unpaired) electrons. The Morgan fingerprint density at radius 2 is 1.26 bits per heavy atom.